The number of carbonyl (C=O) groups is 4. The summed E-state index contributed by atoms with van der Waals surface area (Å²) in [4.78, 5) is 60.2. The summed E-state index contributed by atoms with van der Waals surface area (Å²) in [5.41, 5.74) is 17.3. The molecule has 0 atom stereocenters. The SMILES string of the molecule is CC.CCn1nc(C)cc1C(=O)Nc1nc2cc(C(N)=O)ccc2n1CCCCn1c(NC(=O)c2cc(C)nn2CC)nc2cc(C(N)=O)cc(C)c21. The van der Waals surface area contributed by atoms with Crippen LogP contribution < -0.4 is 22.1 Å². The number of anilines is 2. The van der Waals surface area contributed by atoms with Crippen molar-refractivity contribution in [2.45, 2.75) is 87.5 Å². The zero-order valence-corrected chi connectivity index (χ0v) is 31.1. The Morgan fingerprint density at radius 3 is 1.68 bits per heavy atom. The number of benzene rings is 2. The van der Waals surface area contributed by atoms with Gasteiger partial charge in [0, 0.05) is 37.3 Å². The summed E-state index contributed by atoms with van der Waals surface area (Å²) in [5.74, 6) is -1.24. The van der Waals surface area contributed by atoms with E-state index in [4.69, 9.17) is 16.5 Å². The van der Waals surface area contributed by atoms with Crippen LogP contribution in [-0.4, -0.2) is 62.3 Å². The Bertz CT molecular complexity index is 2340. The number of nitrogens with zero attached hydrogens (tertiary/aromatic N) is 8. The maximum Gasteiger partial charge on any atom is 0.276 e. The number of aryl methyl sites for hydroxylation is 7. The third-order valence-corrected chi connectivity index (χ3v) is 8.68. The molecule has 0 unspecified atom stereocenters. The maximum atomic E-state index is 13.5. The number of hydrogen-bond donors (Lipinski definition) is 4. The van der Waals surface area contributed by atoms with Crippen LogP contribution in [0.5, 0.6) is 0 Å². The van der Waals surface area contributed by atoms with Crippen molar-refractivity contribution in [1.82, 2.24) is 38.7 Å². The first-order chi connectivity index (χ1) is 25.4. The van der Waals surface area contributed by atoms with E-state index in [9.17, 15) is 19.2 Å². The van der Waals surface area contributed by atoms with Crippen LogP contribution in [-0.2, 0) is 26.2 Å². The van der Waals surface area contributed by atoms with Gasteiger partial charge in [-0.25, -0.2) is 9.97 Å². The number of aromatic nitrogens is 8. The number of fused-ring (bicyclic) bond motifs is 2. The van der Waals surface area contributed by atoms with Crippen molar-refractivity contribution in [3.8, 4) is 0 Å². The van der Waals surface area contributed by atoms with E-state index >= 15 is 0 Å². The third kappa shape index (κ3) is 7.80. The van der Waals surface area contributed by atoms with Gasteiger partial charge in [-0.15, -0.1) is 0 Å². The van der Waals surface area contributed by atoms with Crippen LogP contribution in [0.4, 0.5) is 11.9 Å². The number of nitrogens with two attached hydrogens (primary N) is 2. The highest BCUT2D eigenvalue weighted by atomic mass is 16.2. The molecular weight excluding hydrogens is 676 g/mol. The summed E-state index contributed by atoms with van der Waals surface area (Å²) >= 11 is 0. The molecule has 16 nitrogen and oxygen atoms in total. The third-order valence-electron chi connectivity index (χ3n) is 8.68. The Labute approximate surface area is 306 Å². The smallest absolute Gasteiger partial charge is 0.276 e. The minimum Gasteiger partial charge on any atom is -0.366 e. The minimum absolute atomic E-state index is 0.304. The van der Waals surface area contributed by atoms with Gasteiger partial charge < -0.3 is 20.6 Å². The van der Waals surface area contributed by atoms with Crippen LogP contribution in [0.25, 0.3) is 22.1 Å². The molecule has 0 aliphatic rings. The number of hydrogen-bond acceptors (Lipinski definition) is 8. The number of amides is 4. The number of nitrogens with one attached hydrogen (secondary N) is 2. The van der Waals surface area contributed by atoms with Crippen LogP contribution in [0.1, 0.15) is 99.2 Å². The van der Waals surface area contributed by atoms with Crippen molar-refractivity contribution < 1.29 is 19.2 Å². The number of primary amides is 2. The molecule has 4 aromatic heterocycles. The molecule has 4 heterocycles. The molecule has 6 rings (SSSR count). The standard InChI is InChI=1S/C35H40N12O4.C2H6/c1-6-46-27(15-20(4)42-46)32(50)40-34-38-24-17-22(30(36)48)10-11-26(24)44(34)12-8-9-13-45-29-19(3)14-23(31(37)49)18-25(29)39-35(45)41-33(51)28-16-21(5)43-47(28)7-2;1-2/h10-11,14-18H,6-9,12-13H2,1-5H3,(H2,36,48)(H2,37,49)(H,38,40,50)(H,39,41,51);1-2H3. The van der Waals surface area contributed by atoms with Gasteiger partial charge in [0.25, 0.3) is 11.8 Å². The molecular formula is C37H46N12O4. The first-order valence-electron chi connectivity index (χ1n) is 17.7. The van der Waals surface area contributed by atoms with E-state index in [-0.39, 0.29) is 11.8 Å². The average Bonchev–Trinajstić information content (AvgIpc) is 3.89. The zero-order chi connectivity index (χ0) is 38.6. The summed E-state index contributed by atoms with van der Waals surface area (Å²) in [6, 6.07) is 11.8. The second-order valence-electron chi connectivity index (χ2n) is 12.4. The van der Waals surface area contributed by atoms with Crippen LogP contribution >= 0.6 is 0 Å². The quantitative estimate of drug-likeness (QED) is 0.119. The number of imidazole rings is 2. The van der Waals surface area contributed by atoms with Gasteiger partial charge in [-0.05, 0) is 95.5 Å². The van der Waals surface area contributed by atoms with Crippen molar-refractivity contribution in [3.63, 3.8) is 0 Å². The number of rotatable bonds is 13. The Morgan fingerprint density at radius 1 is 0.660 bits per heavy atom. The fraction of sp³-hybridized carbons (Fsp3) is 0.351. The molecule has 4 amide bonds. The van der Waals surface area contributed by atoms with Crippen LogP contribution in [0.15, 0.2) is 42.5 Å². The second kappa shape index (κ2) is 15.9. The van der Waals surface area contributed by atoms with Gasteiger partial charge in [0.2, 0.25) is 23.7 Å². The van der Waals surface area contributed by atoms with Crippen molar-refractivity contribution in [2.75, 3.05) is 10.6 Å². The normalized spacial score (nSPS) is 11.1. The van der Waals surface area contributed by atoms with Crippen LogP contribution in [0.3, 0.4) is 0 Å². The average molecular weight is 723 g/mol. The van der Waals surface area contributed by atoms with Gasteiger partial charge in [0.15, 0.2) is 0 Å². The lowest BCUT2D eigenvalue weighted by atomic mass is 10.1. The van der Waals surface area contributed by atoms with E-state index in [0.29, 0.717) is 90.0 Å². The van der Waals surface area contributed by atoms with E-state index in [1.165, 1.54) is 0 Å². The first kappa shape index (κ1) is 37.9. The summed E-state index contributed by atoms with van der Waals surface area (Å²) in [6.07, 6.45) is 1.26. The van der Waals surface area contributed by atoms with Gasteiger partial charge >= 0.3 is 0 Å². The molecule has 6 aromatic rings. The Morgan fingerprint density at radius 2 is 1.15 bits per heavy atom. The lowest BCUT2D eigenvalue weighted by Gasteiger charge is -2.13. The van der Waals surface area contributed by atoms with Gasteiger partial charge in [0.1, 0.15) is 11.4 Å². The fourth-order valence-corrected chi connectivity index (χ4v) is 6.35. The lowest BCUT2D eigenvalue weighted by Crippen LogP contribution is -2.20. The van der Waals surface area contributed by atoms with Gasteiger partial charge in [-0.2, -0.15) is 10.2 Å². The molecule has 0 radical (unpaired) electrons. The van der Waals surface area contributed by atoms with E-state index in [1.54, 1.807) is 51.8 Å². The van der Waals surface area contributed by atoms with Crippen molar-refractivity contribution in [3.05, 3.63) is 81.9 Å². The summed E-state index contributed by atoms with van der Waals surface area (Å²) < 4.78 is 7.07. The minimum atomic E-state index is -0.581. The Balaban J connectivity index is 0.00000266. The molecule has 0 spiro atoms. The molecule has 0 aliphatic heterocycles. The number of carbonyl (C=O) groups excluding carboxylic acids is 4. The second-order valence-corrected chi connectivity index (χ2v) is 12.4. The highest BCUT2D eigenvalue weighted by Crippen LogP contribution is 2.27. The molecule has 16 heteroatoms. The maximum absolute atomic E-state index is 13.5. The fourth-order valence-electron chi connectivity index (χ4n) is 6.35. The van der Waals surface area contributed by atoms with E-state index in [1.807, 2.05) is 57.6 Å². The highest BCUT2D eigenvalue weighted by molar-refractivity contribution is 6.04. The van der Waals surface area contributed by atoms with Crippen molar-refractivity contribution >= 4 is 57.6 Å². The predicted octanol–water partition coefficient (Wildman–Crippen LogP) is 4.95. The zero-order valence-electron chi connectivity index (χ0n) is 31.1. The molecule has 0 aliphatic carbocycles. The Kier molecular flexibility index (Phi) is 11.4. The molecule has 0 saturated heterocycles. The predicted molar refractivity (Wildman–Crippen MR) is 203 cm³/mol. The topological polar surface area (TPSA) is 216 Å². The van der Waals surface area contributed by atoms with E-state index in [0.717, 1.165) is 22.5 Å². The van der Waals surface area contributed by atoms with Gasteiger partial charge in [-0.1, -0.05) is 13.8 Å². The van der Waals surface area contributed by atoms with Gasteiger partial charge in [-0.3, -0.25) is 39.2 Å². The monoisotopic (exact) mass is 722 g/mol. The summed E-state index contributed by atoms with van der Waals surface area (Å²) in [7, 11) is 0. The summed E-state index contributed by atoms with van der Waals surface area (Å²) in [5, 5.41) is 14.7. The molecule has 53 heavy (non-hydrogen) atoms. The molecule has 278 valence electrons. The van der Waals surface area contributed by atoms with Crippen molar-refractivity contribution in [1.29, 1.82) is 0 Å². The van der Waals surface area contributed by atoms with Crippen LogP contribution in [0, 0.1) is 20.8 Å². The molecule has 6 N–H and O–H groups in total. The summed E-state index contributed by atoms with van der Waals surface area (Å²) in [6.45, 7) is 15.3. The van der Waals surface area contributed by atoms with E-state index in [2.05, 4.69) is 25.8 Å². The van der Waals surface area contributed by atoms with Crippen molar-refractivity contribution in [2.24, 2.45) is 11.5 Å². The van der Waals surface area contributed by atoms with E-state index < -0.39 is 11.8 Å². The molecule has 0 fully saturated rings. The molecule has 0 saturated carbocycles. The largest absolute Gasteiger partial charge is 0.366 e. The highest BCUT2D eigenvalue weighted by Gasteiger charge is 2.22. The van der Waals surface area contributed by atoms with Gasteiger partial charge in [0.05, 0.1) is 33.5 Å². The Hall–Kier alpha value is -6.32. The number of unbranched alkanes of at least 4 members (excludes halogenated alkanes) is 1. The molecule has 2 aromatic carbocycles. The van der Waals surface area contributed by atoms with Crippen LogP contribution in [0.2, 0.25) is 0 Å². The first-order valence-corrected chi connectivity index (χ1v) is 17.7. The molecule has 0 bridgehead atoms. The lowest BCUT2D eigenvalue weighted by molar-refractivity contribution is 0.0992.